The third-order valence-corrected chi connectivity index (χ3v) is 3.78. The van der Waals surface area contributed by atoms with Gasteiger partial charge in [0.05, 0.1) is 0 Å². The van der Waals surface area contributed by atoms with Crippen molar-refractivity contribution in [2.75, 3.05) is 20.1 Å². The molecule has 2 heteroatoms. The number of nitrogens with zero attached hydrogens (tertiary/aromatic N) is 1. The number of likely N-dealkylation sites (N-methyl/N-ethyl adjacent to an activating group) is 1. The predicted molar refractivity (Wildman–Crippen MR) is 60.5 cm³/mol. The molecule has 0 bridgehead atoms. The van der Waals surface area contributed by atoms with Gasteiger partial charge in [-0.3, -0.25) is 0 Å². The minimum atomic E-state index is 0.464. The van der Waals surface area contributed by atoms with Crippen molar-refractivity contribution in [2.24, 2.45) is 0 Å². The molecule has 1 aliphatic heterocycles. The average Bonchev–Trinajstić information content (AvgIpc) is 2.91. The predicted octanol–water partition coefficient (Wildman–Crippen LogP) is 2.00. The van der Waals surface area contributed by atoms with E-state index < -0.39 is 0 Å². The highest BCUT2D eigenvalue weighted by molar-refractivity contribution is 4.97. The molecule has 1 atom stereocenters. The SMILES string of the molecule is CCCC1(CN(C)C2CC2)CCCN1. The zero-order valence-electron chi connectivity index (χ0n) is 9.68. The van der Waals surface area contributed by atoms with Crippen molar-refractivity contribution in [2.45, 2.75) is 57.0 Å². The Morgan fingerprint density at radius 2 is 2.21 bits per heavy atom. The van der Waals surface area contributed by atoms with E-state index in [1.165, 1.54) is 51.6 Å². The monoisotopic (exact) mass is 196 g/mol. The van der Waals surface area contributed by atoms with E-state index in [4.69, 9.17) is 0 Å². The lowest BCUT2D eigenvalue weighted by Gasteiger charge is -2.34. The lowest BCUT2D eigenvalue weighted by Crippen LogP contribution is -2.49. The first-order chi connectivity index (χ1) is 6.76. The van der Waals surface area contributed by atoms with Gasteiger partial charge in [-0.25, -0.2) is 0 Å². The summed E-state index contributed by atoms with van der Waals surface area (Å²) in [5.41, 5.74) is 0.464. The first kappa shape index (κ1) is 10.4. The third-order valence-electron chi connectivity index (χ3n) is 3.78. The van der Waals surface area contributed by atoms with Crippen molar-refractivity contribution in [1.29, 1.82) is 0 Å². The van der Waals surface area contributed by atoms with Crippen molar-refractivity contribution < 1.29 is 0 Å². The Morgan fingerprint density at radius 3 is 2.71 bits per heavy atom. The molecule has 1 unspecified atom stereocenters. The smallest absolute Gasteiger partial charge is 0.0309 e. The molecule has 0 aromatic heterocycles. The van der Waals surface area contributed by atoms with E-state index in [-0.39, 0.29) is 0 Å². The quantitative estimate of drug-likeness (QED) is 0.723. The molecule has 0 amide bonds. The summed E-state index contributed by atoms with van der Waals surface area (Å²) in [6.07, 6.45) is 8.28. The summed E-state index contributed by atoms with van der Waals surface area (Å²) < 4.78 is 0. The lowest BCUT2D eigenvalue weighted by atomic mass is 9.91. The van der Waals surface area contributed by atoms with Crippen LogP contribution >= 0.6 is 0 Å². The zero-order valence-corrected chi connectivity index (χ0v) is 9.68. The molecular formula is C12H24N2. The summed E-state index contributed by atoms with van der Waals surface area (Å²) in [5, 5.41) is 3.74. The molecular weight excluding hydrogens is 172 g/mol. The van der Waals surface area contributed by atoms with Crippen molar-refractivity contribution in [1.82, 2.24) is 10.2 Å². The second-order valence-electron chi connectivity index (χ2n) is 5.21. The van der Waals surface area contributed by atoms with Crippen molar-refractivity contribution in [3.05, 3.63) is 0 Å². The second-order valence-corrected chi connectivity index (χ2v) is 5.21. The number of hydrogen-bond acceptors (Lipinski definition) is 2. The van der Waals surface area contributed by atoms with Gasteiger partial charge in [-0.2, -0.15) is 0 Å². The lowest BCUT2D eigenvalue weighted by molar-refractivity contribution is 0.207. The van der Waals surface area contributed by atoms with Crippen LogP contribution in [0.25, 0.3) is 0 Å². The summed E-state index contributed by atoms with van der Waals surface area (Å²) in [7, 11) is 2.30. The van der Waals surface area contributed by atoms with Gasteiger partial charge < -0.3 is 10.2 Å². The Labute approximate surface area is 88.1 Å². The molecule has 1 saturated carbocycles. The van der Waals surface area contributed by atoms with E-state index in [0.717, 1.165) is 6.04 Å². The second kappa shape index (κ2) is 4.19. The van der Waals surface area contributed by atoms with Crippen LogP contribution in [-0.2, 0) is 0 Å². The zero-order chi connectivity index (χ0) is 10.0. The van der Waals surface area contributed by atoms with Gasteiger partial charge in [0.2, 0.25) is 0 Å². The van der Waals surface area contributed by atoms with Gasteiger partial charge in [-0.15, -0.1) is 0 Å². The van der Waals surface area contributed by atoms with E-state index in [0.29, 0.717) is 5.54 Å². The molecule has 2 fully saturated rings. The molecule has 1 N–H and O–H groups in total. The first-order valence-corrected chi connectivity index (χ1v) is 6.21. The molecule has 82 valence electrons. The van der Waals surface area contributed by atoms with Crippen LogP contribution in [0.15, 0.2) is 0 Å². The minimum Gasteiger partial charge on any atom is -0.310 e. The first-order valence-electron chi connectivity index (χ1n) is 6.21. The summed E-state index contributed by atoms with van der Waals surface area (Å²) >= 11 is 0. The van der Waals surface area contributed by atoms with Crippen LogP contribution in [0.3, 0.4) is 0 Å². The average molecular weight is 196 g/mol. The summed E-state index contributed by atoms with van der Waals surface area (Å²) in [6, 6.07) is 0.908. The Bertz CT molecular complexity index is 181. The van der Waals surface area contributed by atoms with E-state index in [9.17, 15) is 0 Å². The van der Waals surface area contributed by atoms with Crippen molar-refractivity contribution >= 4 is 0 Å². The molecule has 14 heavy (non-hydrogen) atoms. The normalized spacial score (nSPS) is 32.8. The molecule has 1 heterocycles. The molecule has 0 aromatic carbocycles. The fraction of sp³-hybridized carbons (Fsp3) is 1.00. The van der Waals surface area contributed by atoms with Gasteiger partial charge in [0.1, 0.15) is 0 Å². The van der Waals surface area contributed by atoms with Gasteiger partial charge in [-0.1, -0.05) is 13.3 Å². The maximum absolute atomic E-state index is 3.74. The topological polar surface area (TPSA) is 15.3 Å². The van der Waals surface area contributed by atoms with Crippen LogP contribution in [0.5, 0.6) is 0 Å². The highest BCUT2D eigenvalue weighted by atomic mass is 15.2. The van der Waals surface area contributed by atoms with Gasteiger partial charge in [0.15, 0.2) is 0 Å². The summed E-state index contributed by atoms with van der Waals surface area (Å²) in [4.78, 5) is 2.58. The van der Waals surface area contributed by atoms with Crippen LogP contribution in [-0.4, -0.2) is 36.6 Å². The molecule has 2 aliphatic rings. The third kappa shape index (κ3) is 2.29. The Morgan fingerprint density at radius 1 is 1.43 bits per heavy atom. The standard InChI is InChI=1S/C12H24N2/c1-3-7-12(8-4-9-13-12)10-14(2)11-5-6-11/h11,13H,3-10H2,1-2H3. The highest BCUT2D eigenvalue weighted by Crippen LogP contribution is 2.31. The fourth-order valence-electron chi connectivity index (χ4n) is 2.90. The van der Waals surface area contributed by atoms with Gasteiger partial charge in [0.25, 0.3) is 0 Å². The van der Waals surface area contributed by atoms with Crippen LogP contribution in [0.1, 0.15) is 45.4 Å². The molecule has 2 rings (SSSR count). The Balaban J connectivity index is 1.88. The molecule has 2 nitrogen and oxygen atoms in total. The fourth-order valence-corrected chi connectivity index (χ4v) is 2.90. The molecule has 0 spiro atoms. The van der Waals surface area contributed by atoms with Crippen LogP contribution in [0.2, 0.25) is 0 Å². The number of nitrogens with one attached hydrogen (secondary N) is 1. The molecule has 0 aromatic rings. The van der Waals surface area contributed by atoms with Crippen molar-refractivity contribution in [3.63, 3.8) is 0 Å². The van der Waals surface area contributed by atoms with E-state index in [1.807, 2.05) is 0 Å². The molecule has 1 saturated heterocycles. The largest absolute Gasteiger partial charge is 0.310 e. The van der Waals surface area contributed by atoms with Crippen LogP contribution in [0, 0.1) is 0 Å². The van der Waals surface area contributed by atoms with E-state index in [1.54, 1.807) is 0 Å². The molecule has 0 radical (unpaired) electrons. The summed E-state index contributed by atoms with van der Waals surface area (Å²) in [5.74, 6) is 0. The van der Waals surface area contributed by atoms with Gasteiger partial charge in [-0.05, 0) is 45.7 Å². The van der Waals surface area contributed by atoms with Gasteiger partial charge >= 0.3 is 0 Å². The maximum atomic E-state index is 3.74. The van der Waals surface area contributed by atoms with Crippen LogP contribution < -0.4 is 5.32 Å². The van der Waals surface area contributed by atoms with Gasteiger partial charge in [0, 0.05) is 18.1 Å². The number of rotatable bonds is 5. The molecule has 1 aliphatic carbocycles. The summed E-state index contributed by atoms with van der Waals surface area (Å²) in [6.45, 7) is 4.81. The highest BCUT2D eigenvalue weighted by Gasteiger charge is 2.37. The minimum absolute atomic E-state index is 0.464. The van der Waals surface area contributed by atoms with E-state index >= 15 is 0 Å². The van der Waals surface area contributed by atoms with Crippen LogP contribution in [0.4, 0.5) is 0 Å². The van der Waals surface area contributed by atoms with Crippen molar-refractivity contribution in [3.8, 4) is 0 Å². The van der Waals surface area contributed by atoms with E-state index in [2.05, 4.69) is 24.2 Å². The number of hydrogen-bond donors (Lipinski definition) is 1. The maximum Gasteiger partial charge on any atom is 0.0309 e. The Hall–Kier alpha value is -0.0800. The Kier molecular flexibility index (Phi) is 3.13.